The highest BCUT2D eigenvalue weighted by atomic mass is 32.1. The number of nitrogens with zero attached hydrogens (tertiary/aromatic N) is 4. The fraction of sp³-hybridized carbons (Fsp3) is 0.474. The number of hydrogen-bond acceptors (Lipinski definition) is 6. The zero-order chi connectivity index (χ0) is 20.0. The van der Waals surface area contributed by atoms with Crippen LogP contribution in [-0.2, 0) is 6.54 Å². The minimum absolute atomic E-state index is 0.0617. The normalized spacial score (nSPS) is 15.5. The van der Waals surface area contributed by atoms with E-state index in [0.717, 1.165) is 39.7 Å². The van der Waals surface area contributed by atoms with Crippen molar-refractivity contribution in [3.63, 3.8) is 0 Å². The van der Waals surface area contributed by atoms with E-state index in [1.165, 1.54) is 0 Å². The summed E-state index contributed by atoms with van der Waals surface area (Å²) in [6.45, 7) is 11.1. The lowest BCUT2D eigenvalue weighted by Gasteiger charge is -2.33. The van der Waals surface area contributed by atoms with Crippen molar-refractivity contribution in [2.75, 3.05) is 26.2 Å². The number of aromatic amines is 2. The number of hydrogen-bond donors (Lipinski definition) is 2. The summed E-state index contributed by atoms with van der Waals surface area (Å²) in [6.07, 6.45) is 0. The molecule has 0 bridgehead atoms. The maximum atomic E-state index is 12.6. The van der Waals surface area contributed by atoms with Crippen molar-refractivity contribution < 1.29 is 4.79 Å². The number of amides is 1. The molecule has 4 heterocycles. The molecule has 148 valence electrons. The van der Waals surface area contributed by atoms with Gasteiger partial charge in [-0.25, -0.2) is 9.97 Å². The van der Waals surface area contributed by atoms with E-state index in [2.05, 4.69) is 24.8 Å². The van der Waals surface area contributed by atoms with Crippen molar-refractivity contribution in [2.24, 2.45) is 0 Å². The third-order valence-electron chi connectivity index (χ3n) is 5.45. The quantitative estimate of drug-likeness (QED) is 0.700. The van der Waals surface area contributed by atoms with Crippen LogP contribution < -0.4 is 5.56 Å². The molecule has 0 unspecified atom stereocenters. The summed E-state index contributed by atoms with van der Waals surface area (Å²) in [4.78, 5) is 45.9. The van der Waals surface area contributed by atoms with Crippen LogP contribution in [0.1, 0.15) is 38.3 Å². The zero-order valence-corrected chi connectivity index (χ0v) is 17.4. The fourth-order valence-electron chi connectivity index (χ4n) is 3.49. The Morgan fingerprint density at radius 3 is 2.43 bits per heavy atom. The molecule has 0 aliphatic carbocycles. The molecule has 1 amide bonds. The van der Waals surface area contributed by atoms with Gasteiger partial charge in [-0.1, -0.05) is 0 Å². The summed E-state index contributed by atoms with van der Waals surface area (Å²) >= 11 is 1.56. The smallest absolute Gasteiger partial charge is 0.289 e. The van der Waals surface area contributed by atoms with Gasteiger partial charge in [0.25, 0.3) is 11.5 Å². The van der Waals surface area contributed by atoms with Gasteiger partial charge >= 0.3 is 0 Å². The van der Waals surface area contributed by atoms with Crippen LogP contribution in [0, 0.1) is 27.7 Å². The molecule has 1 aliphatic rings. The van der Waals surface area contributed by atoms with Gasteiger partial charge in [-0.3, -0.25) is 14.5 Å². The Morgan fingerprint density at radius 1 is 1.07 bits per heavy atom. The molecule has 8 nitrogen and oxygen atoms in total. The monoisotopic (exact) mass is 400 g/mol. The lowest BCUT2D eigenvalue weighted by Crippen LogP contribution is -2.48. The molecule has 0 atom stereocenters. The van der Waals surface area contributed by atoms with Crippen LogP contribution in [0.25, 0.3) is 10.2 Å². The molecule has 3 aromatic heterocycles. The summed E-state index contributed by atoms with van der Waals surface area (Å²) in [6, 6.07) is 0. The molecular weight excluding hydrogens is 376 g/mol. The van der Waals surface area contributed by atoms with Gasteiger partial charge in [0.15, 0.2) is 5.82 Å². The van der Waals surface area contributed by atoms with Gasteiger partial charge in [0.2, 0.25) is 0 Å². The van der Waals surface area contributed by atoms with Crippen molar-refractivity contribution in [3.8, 4) is 0 Å². The van der Waals surface area contributed by atoms with E-state index < -0.39 is 0 Å². The van der Waals surface area contributed by atoms with Gasteiger partial charge < -0.3 is 14.9 Å². The first-order valence-electron chi connectivity index (χ1n) is 9.37. The van der Waals surface area contributed by atoms with Gasteiger partial charge in [-0.15, -0.1) is 11.3 Å². The Labute approximate surface area is 166 Å². The highest BCUT2D eigenvalue weighted by Crippen LogP contribution is 2.25. The third kappa shape index (κ3) is 3.35. The molecule has 28 heavy (non-hydrogen) atoms. The second-order valence-corrected chi connectivity index (χ2v) is 8.54. The number of fused-ring (bicyclic) bond motifs is 1. The average molecular weight is 401 g/mol. The first-order chi connectivity index (χ1) is 13.3. The van der Waals surface area contributed by atoms with Crippen LogP contribution in [0.2, 0.25) is 0 Å². The summed E-state index contributed by atoms with van der Waals surface area (Å²) in [5.41, 5.74) is 2.72. The Morgan fingerprint density at radius 2 is 1.79 bits per heavy atom. The SMILES string of the molecule is Cc1nc(C(=O)N2CCN(Cc3nc4sc(C)c(C)c4c(=O)[nH]3)CC2)[nH]c1C. The molecule has 4 rings (SSSR count). The number of rotatable bonds is 3. The van der Waals surface area contributed by atoms with Crippen molar-refractivity contribution in [2.45, 2.75) is 34.2 Å². The molecule has 0 saturated carbocycles. The molecule has 1 saturated heterocycles. The van der Waals surface area contributed by atoms with Crippen molar-refractivity contribution in [1.29, 1.82) is 0 Å². The molecular formula is C19H24N6O2S. The van der Waals surface area contributed by atoms with Crippen LogP contribution in [0.15, 0.2) is 4.79 Å². The van der Waals surface area contributed by atoms with Crippen molar-refractivity contribution in [3.05, 3.63) is 43.8 Å². The summed E-state index contributed by atoms with van der Waals surface area (Å²) < 4.78 is 0. The van der Waals surface area contributed by atoms with Gasteiger partial charge in [0.1, 0.15) is 10.7 Å². The van der Waals surface area contributed by atoms with Gasteiger partial charge in [-0.2, -0.15) is 0 Å². The predicted molar refractivity (Wildman–Crippen MR) is 109 cm³/mol. The number of piperazine rings is 1. The maximum absolute atomic E-state index is 12.6. The number of thiophene rings is 1. The Hall–Kier alpha value is -2.52. The van der Waals surface area contributed by atoms with E-state index in [9.17, 15) is 9.59 Å². The minimum atomic E-state index is -0.0702. The van der Waals surface area contributed by atoms with Gasteiger partial charge in [0, 0.05) is 36.8 Å². The standard InChI is InChI=1S/C19H24N6O2S/c1-10-13(4)28-18-15(10)17(26)22-14(23-18)9-24-5-7-25(8-6-24)19(27)16-20-11(2)12(3)21-16/h5-9H2,1-4H3,(H,20,21)(H,22,23,26). The molecule has 0 aromatic carbocycles. The Kier molecular flexibility index (Phi) is 4.80. The number of H-pyrrole nitrogens is 2. The number of aromatic nitrogens is 4. The van der Waals surface area contributed by atoms with Crippen LogP contribution in [0.3, 0.4) is 0 Å². The molecule has 1 aliphatic heterocycles. The van der Waals surface area contributed by atoms with E-state index in [0.29, 0.717) is 36.7 Å². The molecule has 0 spiro atoms. The predicted octanol–water partition coefficient (Wildman–Crippen LogP) is 1.90. The number of nitrogens with one attached hydrogen (secondary N) is 2. The Bertz CT molecular complexity index is 1080. The first-order valence-corrected chi connectivity index (χ1v) is 10.2. The minimum Gasteiger partial charge on any atom is -0.338 e. The van der Waals surface area contributed by atoms with Crippen molar-refractivity contribution >= 4 is 27.5 Å². The fourth-order valence-corrected chi connectivity index (χ4v) is 4.54. The molecule has 1 fully saturated rings. The van der Waals surface area contributed by atoms with E-state index in [-0.39, 0.29) is 11.5 Å². The second-order valence-electron chi connectivity index (χ2n) is 7.34. The van der Waals surface area contributed by atoms with Crippen LogP contribution in [0.5, 0.6) is 0 Å². The van der Waals surface area contributed by atoms with Crippen LogP contribution >= 0.6 is 11.3 Å². The zero-order valence-electron chi connectivity index (χ0n) is 16.5. The molecule has 0 radical (unpaired) electrons. The largest absolute Gasteiger partial charge is 0.338 e. The average Bonchev–Trinajstić information content (AvgIpc) is 3.14. The number of carbonyl (C=O) groups excluding carboxylic acids is 1. The topological polar surface area (TPSA) is 98.0 Å². The van der Waals surface area contributed by atoms with E-state index in [1.54, 1.807) is 11.3 Å². The van der Waals surface area contributed by atoms with E-state index >= 15 is 0 Å². The lowest BCUT2D eigenvalue weighted by atomic mass is 10.2. The molecule has 2 N–H and O–H groups in total. The summed E-state index contributed by atoms with van der Waals surface area (Å²) in [5, 5.41) is 0.700. The second kappa shape index (κ2) is 7.14. The molecule has 3 aromatic rings. The van der Waals surface area contributed by atoms with Gasteiger partial charge in [0.05, 0.1) is 17.6 Å². The van der Waals surface area contributed by atoms with E-state index in [4.69, 9.17) is 0 Å². The van der Waals surface area contributed by atoms with Crippen molar-refractivity contribution in [1.82, 2.24) is 29.7 Å². The van der Waals surface area contributed by atoms with Crippen LogP contribution in [0.4, 0.5) is 0 Å². The lowest BCUT2D eigenvalue weighted by molar-refractivity contribution is 0.0614. The Balaban J connectivity index is 1.42. The third-order valence-corrected chi connectivity index (χ3v) is 6.55. The van der Waals surface area contributed by atoms with Crippen LogP contribution in [-0.4, -0.2) is 61.8 Å². The first kappa shape index (κ1) is 18.8. The number of aryl methyl sites for hydroxylation is 4. The highest BCUT2D eigenvalue weighted by molar-refractivity contribution is 7.18. The maximum Gasteiger partial charge on any atom is 0.289 e. The molecule has 9 heteroatoms. The number of carbonyl (C=O) groups is 1. The summed E-state index contributed by atoms with van der Waals surface area (Å²) in [5.74, 6) is 1.02. The van der Waals surface area contributed by atoms with E-state index in [1.807, 2.05) is 32.6 Å². The van der Waals surface area contributed by atoms with Gasteiger partial charge in [-0.05, 0) is 33.3 Å². The summed E-state index contributed by atoms with van der Waals surface area (Å²) in [7, 11) is 0. The highest BCUT2D eigenvalue weighted by Gasteiger charge is 2.25. The number of imidazole rings is 1.